The fraction of sp³-hybridized carbons (Fsp3) is 0.433. The van der Waals surface area contributed by atoms with Gasteiger partial charge in [0.2, 0.25) is 0 Å². The molecule has 7 nitrogen and oxygen atoms in total. The molecule has 0 amide bonds. The van der Waals surface area contributed by atoms with Gasteiger partial charge >= 0.3 is 5.97 Å². The molecule has 0 radical (unpaired) electrons. The lowest BCUT2D eigenvalue weighted by Gasteiger charge is -2.31. The molecule has 2 aromatic carbocycles. The van der Waals surface area contributed by atoms with Crippen molar-refractivity contribution in [1.82, 2.24) is 24.2 Å². The molecule has 6 rings (SSSR count). The van der Waals surface area contributed by atoms with Gasteiger partial charge in [-0.25, -0.2) is 14.2 Å². The van der Waals surface area contributed by atoms with Crippen molar-refractivity contribution in [3.63, 3.8) is 0 Å². The van der Waals surface area contributed by atoms with Gasteiger partial charge in [-0.05, 0) is 74.1 Å². The van der Waals surface area contributed by atoms with E-state index in [1.807, 2.05) is 12.1 Å². The summed E-state index contributed by atoms with van der Waals surface area (Å²) in [5.74, 6) is 0.117. The van der Waals surface area contributed by atoms with Crippen molar-refractivity contribution >= 4 is 28.5 Å². The van der Waals surface area contributed by atoms with Gasteiger partial charge in [-0.3, -0.25) is 4.68 Å². The first-order valence-corrected chi connectivity index (χ1v) is 14.2. The van der Waals surface area contributed by atoms with Crippen LogP contribution in [-0.4, -0.2) is 62.6 Å². The molecule has 2 aromatic heterocycles. The summed E-state index contributed by atoms with van der Waals surface area (Å²) >= 11 is 6.75. The van der Waals surface area contributed by atoms with Crippen LogP contribution < -0.4 is 0 Å². The predicted octanol–water partition coefficient (Wildman–Crippen LogP) is 5.80. The summed E-state index contributed by atoms with van der Waals surface area (Å²) in [5.41, 5.74) is 5.24. The normalized spacial score (nSPS) is 18.9. The number of aromatic nitrogens is 4. The van der Waals surface area contributed by atoms with E-state index in [4.69, 9.17) is 21.4 Å². The number of nitrogens with zero attached hydrogens (tertiary/aromatic N) is 5. The molecule has 1 fully saturated rings. The molecule has 1 saturated heterocycles. The standard InChI is InChI=1S/C30H33ClFN5O2/c1-3-35-11-9-21(10-12-35)19-5-7-20(8-6-19)22-13-25(31)24-17-37(34-26(24)14-22)29(30(38)39-4-2)28-27-15-23(32)16-36(27)18-33-28/h5-8,13-14,17-18,21,23,29H,3-4,9-12,15-16H2,1-2H3/t23-,29?/m1/s1. The monoisotopic (exact) mass is 549 g/mol. The minimum Gasteiger partial charge on any atom is -0.464 e. The van der Waals surface area contributed by atoms with Crippen LogP contribution in [-0.2, 0) is 22.5 Å². The Morgan fingerprint density at radius 3 is 2.64 bits per heavy atom. The highest BCUT2D eigenvalue weighted by Crippen LogP contribution is 2.35. The molecule has 2 aliphatic rings. The van der Waals surface area contributed by atoms with E-state index in [2.05, 4.69) is 41.1 Å². The van der Waals surface area contributed by atoms with Crippen LogP contribution in [0.2, 0.25) is 5.02 Å². The highest BCUT2D eigenvalue weighted by molar-refractivity contribution is 6.35. The largest absolute Gasteiger partial charge is 0.464 e. The summed E-state index contributed by atoms with van der Waals surface area (Å²) in [6.45, 7) is 7.87. The molecule has 4 aromatic rings. The Balaban J connectivity index is 1.31. The van der Waals surface area contributed by atoms with E-state index in [0.29, 0.717) is 27.8 Å². The lowest BCUT2D eigenvalue weighted by Crippen LogP contribution is -2.32. The molecule has 1 unspecified atom stereocenters. The molecule has 4 heterocycles. The average Bonchev–Trinajstić information content (AvgIpc) is 3.64. The third kappa shape index (κ3) is 4.96. The Hall–Kier alpha value is -3.23. The van der Waals surface area contributed by atoms with Crippen molar-refractivity contribution < 1.29 is 13.9 Å². The lowest BCUT2D eigenvalue weighted by molar-refractivity contribution is -0.146. The Morgan fingerprint density at radius 1 is 1.15 bits per heavy atom. The number of likely N-dealkylation sites (tertiary alicyclic amines) is 1. The molecular formula is C30H33ClFN5O2. The van der Waals surface area contributed by atoms with Crippen LogP contribution in [0.1, 0.15) is 55.6 Å². The van der Waals surface area contributed by atoms with Crippen molar-refractivity contribution in [2.24, 2.45) is 0 Å². The van der Waals surface area contributed by atoms with E-state index in [1.165, 1.54) is 18.4 Å². The van der Waals surface area contributed by atoms with Crippen LogP contribution in [0, 0.1) is 0 Å². The number of benzene rings is 2. The van der Waals surface area contributed by atoms with Gasteiger partial charge in [0.05, 0.1) is 35.7 Å². The first kappa shape index (κ1) is 26.0. The second-order valence-corrected chi connectivity index (χ2v) is 10.9. The van der Waals surface area contributed by atoms with Gasteiger partial charge in [0, 0.05) is 23.7 Å². The number of fused-ring (bicyclic) bond motifs is 2. The minimum atomic E-state index is -0.992. The van der Waals surface area contributed by atoms with Gasteiger partial charge in [0.25, 0.3) is 0 Å². The molecule has 0 bridgehead atoms. The number of hydrogen-bond acceptors (Lipinski definition) is 5. The fourth-order valence-electron chi connectivity index (χ4n) is 6.01. The number of carbonyl (C=O) groups excluding carboxylic acids is 1. The Kier molecular flexibility index (Phi) is 7.16. The molecule has 2 aliphatic heterocycles. The van der Waals surface area contributed by atoms with Crippen LogP contribution in [0.25, 0.3) is 22.0 Å². The Labute approximate surface area is 232 Å². The van der Waals surface area contributed by atoms with Crippen molar-refractivity contribution in [2.45, 2.75) is 57.8 Å². The first-order chi connectivity index (χ1) is 18.9. The van der Waals surface area contributed by atoms with Crippen LogP contribution in [0.15, 0.2) is 48.9 Å². The summed E-state index contributed by atoms with van der Waals surface area (Å²) < 4.78 is 22.8. The highest BCUT2D eigenvalue weighted by Gasteiger charge is 2.35. The molecular weight excluding hydrogens is 517 g/mol. The van der Waals surface area contributed by atoms with Crippen LogP contribution in [0.3, 0.4) is 0 Å². The molecule has 0 N–H and O–H groups in total. The molecule has 2 atom stereocenters. The number of rotatable bonds is 7. The quantitative estimate of drug-likeness (QED) is 0.273. The maximum Gasteiger partial charge on any atom is 0.337 e. The van der Waals surface area contributed by atoms with Crippen LogP contribution >= 0.6 is 11.6 Å². The number of hydrogen-bond donors (Lipinski definition) is 0. The third-order valence-electron chi connectivity index (χ3n) is 8.16. The summed E-state index contributed by atoms with van der Waals surface area (Å²) in [5, 5.41) is 6.03. The fourth-order valence-corrected chi connectivity index (χ4v) is 6.28. The van der Waals surface area contributed by atoms with Gasteiger partial charge < -0.3 is 14.2 Å². The topological polar surface area (TPSA) is 65.2 Å². The van der Waals surface area contributed by atoms with E-state index in [-0.39, 0.29) is 19.6 Å². The summed E-state index contributed by atoms with van der Waals surface area (Å²) in [6.07, 6.45) is 4.94. The van der Waals surface area contributed by atoms with Crippen LogP contribution in [0.5, 0.6) is 0 Å². The zero-order valence-corrected chi connectivity index (χ0v) is 23.1. The number of piperidine rings is 1. The second kappa shape index (κ2) is 10.7. The maximum absolute atomic E-state index is 14.1. The number of alkyl halides is 1. The van der Waals surface area contributed by atoms with Crippen molar-refractivity contribution in [3.05, 3.63) is 70.9 Å². The second-order valence-electron chi connectivity index (χ2n) is 10.5. The van der Waals surface area contributed by atoms with Crippen LogP contribution in [0.4, 0.5) is 4.39 Å². The Morgan fingerprint density at radius 2 is 1.92 bits per heavy atom. The van der Waals surface area contributed by atoms with Crippen molar-refractivity contribution in [3.8, 4) is 11.1 Å². The molecule has 0 aliphatic carbocycles. The van der Waals surface area contributed by atoms with E-state index in [0.717, 1.165) is 36.1 Å². The van der Waals surface area contributed by atoms with Gasteiger partial charge in [-0.1, -0.05) is 42.8 Å². The Bertz CT molecular complexity index is 1490. The molecule has 0 saturated carbocycles. The third-order valence-corrected chi connectivity index (χ3v) is 8.48. The predicted molar refractivity (Wildman–Crippen MR) is 150 cm³/mol. The SMILES string of the molecule is CCOC(=O)C(c1ncn2c1C[C@@H](F)C2)n1cc2c(Cl)cc(-c3ccc(C4CCN(CC)CC4)cc3)cc2n1. The smallest absolute Gasteiger partial charge is 0.337 e. The van der Waals surface area contributed by atoms with Crippen molar-refractivity contribution in [1.29, 1.82) is 0 Å². The minimum absolute atomic E-state index is 0.213. The summed E-state index contributed by atoms with van der Waals surface area (Å²) in [7, 11) is 0. The van der Waals surface area contributed by atoms with Gasteiger partial charge in [0.15, 0.2) is 6.04 Å². The first-order valence-electron chi connectivity index (χ1n) is 13.8. The van der Waals surface area contributed by atoms with Crippen molar-refractivity contribution in [2.75, 3.05) is 26.2 Å². The van der Waals surface area contributed by atoms with Gasteiger partial charge in [-0.15, -0.1) is 0 Å². The molecule has 204 valence electrons. The summed E-state index contributed by atoms with van der Waals surface area (Å²) in [4.78, 5) is 20.1. The zero-order chi connectivity index (χ0) is 27.1. The van der Waals surface area contributed by atoms with Gasteiger partial charge in [0.1, 0.15) is 6.17 Å². The maximum atomic E-state index is 14.1. The van der Waals surface area contributed by atoms with E-state index < -0.39 is 18.2 Å². The number of carbonyl (C=O) groups is 1. The number of halogens is 2. The number of imidazole rings is 1. The van der Waals surface area contributed by atoms with E-state index >= 15 is 0 Å². The number of esters is 1. The zero-order valence-electron chi connectivity index (χ0n) is 22.3. The molecule has 0 spiro atoms. The van der Waals surface area contributed by atoms with E-state index in [1.54, 1.807) is 28.7 Å². The highest BCUT2D eigenvalue weighted by atomic mass is 35.5. The van der Waals surface area contributed by atoms with E-state index in [9.17, 15) is 9.18 Å². The lowest BCUT2D eigenvalue weighted by atomic mass is 9.88. The van der Waals surface area contributed by atoms with Gasteiger partial charge in [-0.2, -0.15) is 5.10 Å². The average molecular weight is 550 g/mol. The summed E-state index contributed by atoms with van der Waals surface area (Å²) in [6, 6.07) is 11.8. The molecule has 9 heteroatoms. The molecule has 39 heavy (non-hydrogen) atoms. The number of ether oxygens (including phenoxy) is 1.